The minimum atomic E-state index is -0.257. The van der Waals surface area contributed by atoms with Gasteiger partial charge in [-0.3, -0.25) is 0 Å². The van der Waals surface area contributed by atoms with E-state index in [0.29, 0.717) is 0 Å². The third-order valence-corrected chi connectivity index (χ3v) is 5.77. The zero-order chi connectivity index (χ0) is 11.4. The standard InChI is InChI=1S/C14H14OTe/c1-11-5-3-4-6-14(11)16-13-9-7-12(15-2)8-10-13/h3-10H,1-2H3. The van der Waals surface area contributed by atoms with Gasteiger partial charge in [0.05, 0.1) is 0 Å². The van der Waals surface area contributed by atoms with Gasteiger partial charge in [0.2, 0.25) is 0 Å². The molecule has 0 saturated carbocycles. The van der Waals surface area contributed by atoms with Crippen molar-refractivity contribution in [2.75, 3.05) is 7.11 Å². The number of benzene rings is 2. The predicted molar refractivity (Wildman–Crippen MR) is 69.2 cm³/mol. The van der Waals surface area contributed by atoms with Crippen molar-refractivity contribution in [3.63, 3.8) is 0 Å². The summed E-state index contributed by atoms with van der Waals surface area (Å²) in [6, 6.07) is 17.1. The molecule has 2 aromatic rings. The minimum absolute atomic E-state index is 0.257. The van der Waals surface area contributed by atoms with Gasteiger partial charge < -0.3 is 0 Å². The van der Waals surface area contributed by atoms with E-state index in [9.17, 15) is 0 Å². The van der Waals surface area contributed by atoms with Crippen LogP contribution in [0, 0.1) is 6.92 Å². The fourth-order valence-corrected chi connectivity index (χ4v) is 4.02. The molecule has 16 heavy (non-hydrogen) atoms. The summed E-state index contributed by atoms with van der Waals surface area (Å²) in [6.45, 7) is 2.18. The van der Waals surface area contributed by atoms with E-state index in [1.807, 2.05) is 12.1 Å². The molecule has 0 bridgehead atoms. The fourth-order valence-electron chi connectivity index (χ4n) is 1.44. The monoisotopic (exact) mass is 328 g/mol. The van der Waals surface area contributed by atoms with Crippen LogP contribution in [0.4, 0.5) is 0 Å². The fraction of sp³-hybridized carbons (Fsp3) is 0.143. The second kappa shape index (κ2) is 5.39. The number of aryl methyl sites for hydroxylation is 1. The van der Waals surface area contributed by atoms with E-state index in [4.69, 9.17) is 4.74 Å². The van der Waals surface area contributed by atoms with Crippen LogP contribution in [0.1, 0.15) is 5.56 Å². The van der Waals surface area contributed by atoms with Crippen LogP contribution < -0.4 is 12.0 Å². The van der Waals surface area contributed by atoms with Gasteiger partial charge in [0.25, 0.3) is 0 Å². The molecule has 0 aromatic heterocycles. The van der Waals surface area contributed by atoms with Crippen LogP contribution in [0.5, 0.6) is 5.75 Å². The summed E-state index contributed by atoms with van der Waals surface area (Å²) in [7, 11) is 1.70. The Morgan fingerprint density at radius 3 is 2.25 bits per heavy atom. The van der Waals surface area contributed by atoms with Gasteiger partial charge in [-0.05, 0) is 0 Å². The Morgan fingerprint density at radius 1 is 0.938 bits per heavy atom. The molecule has 2 rings (SSSR count). The molecule has 0 heterocycles. The van der Waals surface area contributed by atoms with Crippen molar-refractivity contribution in [2.24, 2.45) is 0 Å². The van der Waals surface area contributed by atoms with Crippen LogP contribution in [0.15, 0.2) is 48.5 Å². The van der Waals surface area contributed by atoms with Crippen LogP contribution in [-0.2, 0) is 0 Å². The molecule has 0 unspecified atom stereocenters. The summed E-state index contributed by atoms with van der Waals surface area (Å²) in [5.41, 5.74) is 1.40. The van der Waals surface area contributed by atoms with Crippen molar-refractivity contribution in [1.82, 2.24) is 0 Å². The Kier molecular flexibility index (Phi) is 3.88. The third kappa shape index (κ3) is 2.78. The molecule has 0 fully saturated rings. The van der Waals surface area contributed by atoms with E-state index >= 15 is 0 Å². The zero-order valence-electron chi connectivity index (χ0n) is 9.44. The van der Waals surface area contributed by atoms with E-state index in [2.05, 4.69) is 43.3 Å². The summed E-state index contributed by atoms with van der Waals surface area (Å²) in [6.07, 6.45) is 0. The molecule has 0 atom stereocenters. The maximum atomic E-state index is 5.16. The first-order valence-electron chi connectivity index (χ1n) is 5.17. The maximum absolute atomic E-state index is 5.16. The third-order valence-electron chi connectivity index (χ3n) is 2.38. The van der Waals surface area contributed by atoms with E-state index in [0.717, 1.165) is 5.75 Å². The summed E-state index contributed by atoms with van der Waals surface area (Å²) in [5.74, 6) is 0.931. The number of ether oxygens (including phenoxy) is 1. The molecule has 0 amide bonds. The van der Waals surface area contributed by atoms with Gasteiger partial charge in [-0.15, -0.1) is 0 Å². The summed E-state index contributed by atoms with van der Waals surface area (Å²) < 4.78 is 8.11. The molecule has 0 radical (unpaired) electrons. The molecule has 0 spiro atoms. The first-order valence-corrected chi connectivity index (χ1v) is 7.50. The van der Waals surface area contributed by atoms with E-state index < -0.39 is 0 Å². The summed E-state index contributed by atoms with van der Waals surface area (Å²) in [5, 5.41) is 0. The Bertz CT molecular complexity index is 462. The second-order valence-electron chi connectivity index (χ2n) is 3.54. The molecule has 0 aliphatic carbocycles. The molecule has 0 saturated heterocycles. The van der Waals surface area contributed by atoms with Gasteiger partial charge in [0, 0.05) is 0 Å². The molecule has 82 valence electrons. The van der Waals surface area contributed by atoms with Gasteiger partial charge in [0.15, 0.2) is 0 Å². The van der Waals surface area contributed by atoms with Crippen molar-refractivity contribution < 1.29 is 4.74 Å². The number of hydrogen-bond donors (Lipinski definition) is 0. The van der Waals surface area contributed by atoms with Gasteiger partial charge in [-0.1, -0.05) is 0 Å². The van der Waals surface area contributed by atoms with E-state index in [1.54, 1.807) is 7.11 Å². The topological polar surface area (TPSA) is 9.23 Å². The van der Waals surface area contributed by atoms with Gasteiger partial charge in [-0.2, -0.15) is 0 Å². The second-order valence-corrected chi connectivity index (χ2v) is 6.73. The Balaban J connectivity index is 2.18. The Labute approximate surface area is 107 Å². The molecular weight excluding hydrogens is 312 g/mol. The summed E-state index contributed by atoms with van der Waals surface area (Å²) >= 11 is -0.257. The number of methoxy groups -OCH3 is 1. The van der Waals surface area contributed by atoms with Crippen molar-refractivity contribution in [2.45, 2.75) is 6.92 Å². The molecule has 0 aliphatic rings. The van der Waals surface area contributed by atoms with Crippen LogP contribution in [0.2, 0.25) is 0 Å². The number of hydrogen-bond acceptors (Lipinski definition) is 1. The van der Waals surface area contributed by atoms with Crippen molar-refractivity contribution >= 4 is 28.1 Å². The van der Waals surface area contributed by atoms with Crippen LogP contribution in [0.25, 0.3) is 0 Å². The predicted octanol–water partition coefficient (Wildman–Crippen LogP) is 1.66. The molecule has 1 nitrogen and oxygen atoms in total. The van der Waals surface area contributed by atoms with Gasteiger partial charge >= 0.3 is 107 Å². The van der Waals surface area contributed by atoms with Gasteiger partial charge in [0.1, 0.15) is 0 Å². The normalized spacial score (nSPS) is 10.1. The average molecular weight is 326 g/mol. The number of rotatable bonds is 3. The quantitative estimate of drug-likeness (QED) is 0.780. The van der Waals surface area contributed by atoms with Crippen molar-refractivity contribution in [3.8, 4) is 5.75 Å². The van der Waals surface area contributed by atoms with Crippen LogP contribution in [-0.4, -0.2) is 28.0 Å². The molecule has 0 aliphatic heterocycles. The van der Waals surface area contributed by atoms with E-state index in [-0.39, 0.29) is 20.9 Å². The summed E-state index contributed by atoms with van der Waals surface area (Å²) in [4.78, 5) is 0. The molecule has 2 heteroatoms. The molecule has 2 aromatic carbocycles. The van der Waals surface area contributed by atoms with Crippen molar-refractivity contribution in [1.29, 1.82) is 0 Å². The van der Waals surface area contributed by atoms with Crippen LogP contribution >= 0.6 is 0 Å². The zero-order valence-corrected chi connectivity index (χ0v) is 11.8. The van der Waals surface area contributed by atoms with Crippen molar-refractivity contribution in [3.05, 3.63) is 54.1 Å². The van der Waals surface area contributed by atoms with Crippen LogP contribution in [0.3, 0.4) is 0 Å². The first-order chi connectivity index (χ1) is 7.79. The Hall–Kier alpha value is -0.970. The van der Waals surface area contributed by atoms with Gasteiger partial charge in [-0.25, -0.2) is 0 Å². The molecular formula is C14H14OTe. The average Bonchev–Trinajstić information content (AvgIpc) is 2.33. The Morgan fingerprint density at radius 2 is 1.62 bits per heavy atom. The molecule has 0 N–H and O–H groups in total. The first kappa shape index (κ1) is 11.5. The van der Waals surface area contributed by atoms with E-state index in [1.165, 1.54) is 12.8 Å². The SMILES string of the molecule is COc1ccc([Te]c2ccccc2C)cc1.